The molecule has 0 saturated carbocycles. The van der Waals surface area contributed by atoms with Gasteiger partial charge in [-0.1, -0.05) is 42.5 Å². The molecule has 0 aromatic heterocycles. The fourth-order valence-electron chi connectivity index (χ4n) is 4.70. The second-order valence-corrected chi connectivity index (χ2v) is 8.40. The van der Waals surface area contributed by atoms with Gasteiger partial charge in [-0.15, -0.1) is 0 Å². The Bertz CT molecular complexity index is 887. The van der Waals surface area contributed by atoms with E-state index in [1.165, 1.54) is 16.3 Å². The van der Waals surface area contributed by atoms with E-state index in [0.717, 1.165) is 39.1 Å². The van der Waals surface area contributed by atoms with E-state index < -0.39 is 6.04 Å². The molecule has 6 heteroatoms. The molecule has 1 N–H and O–H groups in total. The van der Waals surface area contributed by atoms with Gasteiger partial charge in [0.2, 0.25) is 11.8 Å². The molecule has 2 aliphatic heterocycles. The van der Waals surface area contributed by atoms with E-state index in [-0.39, 0.29) is 18.2 Å². The first kappa shape index (κ1) is 20.8. The summed E-state index contributed by atoms with van der Waals surface area (Å²) in [5.41, 5.74) is 1.20. The molecule has 6 nitrogen and oxygen atoms in total. The van der Waals surface area contributed by atoms with Crippen molar-refractivity contribution in [3.8, 4) is 0 Å². The number of hydrogen-bond donors (Lipinski definition) is 1. The number of nitrogens with one attached hydrogen (secondary N) is 1. The quantitative estimate of drug-likeness (QED) is 0.796. The van der Waals surface area contributed by atoms with Crippen molar-refractivity contribution in [1.29, 1.82) is 0 Å². The molecule has 0 bridgehead atoms. The van der Waals surface area contributed by atoms with Crippen molar-refractivity contribution in [2.75, 3.05) is 39.9 Å². The summed E-state index contributed by atoms with van der Waals surface area (Å²) in [7, 11) is 1.73. The van der Waals surface area contributed by atoms with Crippen LogP contribution in [0.15, 0.2) is 42.5 Å². The van der Waals surface area contributed by atoms with Crippen molar-refractivity contribution in [2.24, 2.45) is 5.92 Å². The second-order valence-electron chi connectivity index (χ2n) is 8.40. The van der Waals surface area contributed by atoms with Crippen LogP contribution in [-0.4, -0.2) is 67.6 Å². The Morgan fingerprint density at radius 3 is 2.67 bits per heavy atom. The number of piperazine rings is 1. The summed E-state index contributed by atoms with van der Waals surface area (Å²) >= 11 is 0. The molecule has 0 aliphatic carbocycles. The van der Waals surface area contributed by atoms with E-state index in [0.29, 0.717) is 19.0 Å². The largest absolute Gasteiger partial charge is 0.384 e. The normalized spacial score (nSPS) is 21.0. The molecule has 2 amide bonds. The lowest BCUT2D eigenvalue weighted by molar-refractivity contribution is -0.140. The standard InChI is InChI=1S/C24H31N3O3/c1-30-17-18-9-12-26(13-10-18)23(28)15-22-24(29)25-11-14-27(22)16-20-7-4-6-19-5-2-3-8-21(19)20/h2-8,18,22H,9-17H2,1H3,(H,25,29). The number of likely N-dealkylation sites (tertiary alicyclic amines) is 1. The van der Waals surface area contributed by atoms with Crippen LogP contribution in [0.2, 0.25) is 0 Å². The maximum atomic E-state index is 13.0. The van der Waals surface area contributed by atoms with Crippen LogP contribution >= 0.6 is 0 Å². The highest BCUT2D eigenvalue weighted by atomic mass is 16.5. The Balaban J connectivity index is 1.44. The molecule has 2 heterocycles. The molecule has 0 radical (unpaired) electrons. The molecule has 0 spiro atoms. The zero-order valence-corrected chi connectivity index (χ0v) is 17.7. The van der Waals surface area contributed by atoms with Crippen molar-refractivity contribution in [2.45, 2.75) is 31.8 Å². The van der Waals surface area contributed by atoms with Gasteiger partial charge in [-0.25, -0.2) is 0 Å². The topological polar surface area (TPSA) is 61.9 Å². The number of carbonyl (C=O) groups excluding carboxylic acids is 2. The number of carbonyl (C=O) groups is 2. The minimum atomic E-state index is -0.415. The lowest BCUT2D eigenvalue weighted by atomic mass is 9.97. The number of hydrogen-bond acceptors (Lipinski definition) is 4. The van der Waals surface area contributed by atoms with Gasteiger partial charge in [0.05, 0.1) is 12.5 Å². The first-order chi connectivity index (χ1) is 14.7. The fourth-order valence-corrected chi connectivity index (χ4v) is 4.70. The van der Waals surface area contributed by atoms with Gasteiger partial charge in [-0.2, -0.15) is 0 Å². The number of amides is 2. The highest BCUT2D eigenvalue weighted by Gasteiger charge is 2.34. The Labute approximate surface area is 178 Å². The molecule has 2 saturated heterocycles. The Morgan fingerprint density at radius 1 is 1.10 bits per heavy atom. The number of nitrogens with zero attached hydrogens (tertiary/aromatic N) is 2. The predicted molar refractivity (Wildman–Crippen MR) is 117 cm³/mol. The maximum absolute atomic E-state index is 13.0. The fraction of sp³-hybridized carbons (Fsp3) is 0.500. The molecule has 2 aliphatic rings. The number of rotatable bonds is 6. The van der Waals surface area contributed by atoms with Crippen molar-refractivity contribution < 1.29 is 14.3 Å². The van der Waals surface area contributed by atoms with Crippen LogP contribution in [-0.2, 0) is 20.9 Å². The number of benzene rings is 2. The van der Waals surface area contributed by atoms with Crippen molar-refractivity contribution in [3.63, 3.8) is 0 Å². The van der Waals surface area contributed by atoms with Gasteiger partial charge in [0.25, 0.3) is 0 Å². The van der Waals surface area contributed by atoms with Gasteiger partial charge in [-0.3, -0.25) is 14.5 Å². The Kier molecular flexibility index (Phi) is 6.65. The average Bonchev–Trinajstić information content (AvgIpc) is 2.77. The number of methoxy groups -OCH3 is 1. The van der Waals surface area contributed by atoms with Crippen LogP contribution in [0.1, 0.15) is 24.8 Å². The van der Waals surface area contributed by atoms with Crippen LogP contribution < -0.4 is 5.32 Å². The second kappa shape index (κ2) is 9.58. The van der Waals surface area contributed by atoms with Crippen LogP contribution in [0.4, 0.5) is 0 Å². The highest BCUT2D eigenvalue weighted by molar-refractivity contribution is 5.89. The third-order valence-corrected chi connectivity index (χ3v) is 6.43. The Hall–Kier alpha value is -2.44. The third-order valence-electron chi connectivity index (χ3n) is 6.43. The molecule has 1 unspecified atom stereocenters. The van der Waals surface area contributed by atoms with Crippen molar-refractivity contribution >= 4 is 22.6 Å². The van der Waals surface area contributed by atoms with E-state index in [9.17, 15) is 9.59 Å². The molecule has 4 rings (SSSR count). The lowest BCUT2D eigenvalue weighted by Crippen LogP contribution is -2.56. The third kappa shape index (κ3) is 4.65. The van der Waals surface area contributed by atoms with E-state index in [4.69, 9.17) is 4.74 Å². The summed E-state index contributed by atoms with van der Waals surface area (Å²) in [6.45, 7) is 4.31. The van der Waals surface area contributed by atoms with Gasteiger partial charge in [0.15, 0.2) is 0 Å². The molecule has 2 aromatic carbocycles. The zero-order valence-electron chi connectivity index (χ0n) is 17.7. The summed E-state index contributed by atoms with van der Waals surface area (Å²) in [5, 5.41) is 5.35. The molecule has 160 valence electrons. The van der Waals surface area contributed by atoms with Gasteiger partial charge < -0.3 is 15.0 Å². The van der Waals surface area contributed by atoms with Crippen molar-refractivity contribution in [3.05, 3.63) is 48.0 Å². The number of ether oxygens (including phenoxy) is 1. The molecule has 2 aromatic rings. The minimum absolute atomic E-state index is 0.0379. The lowest BCUT2D eigenvalue weighted by Gasteiger charge is -2.37. The maximum Gasteiger partial charge on any atom is 0.237 e. The average molecular weight is 410 g/mol. The molecule has 1 atom stereocenters. The molecule has 30 heavy (non-hydrogen) atoms. The van der Waals surface area contributed by atoms with Crippen LogP contribution in [0, 0.1) is 5.92 Å². The summed E-state index contributed by atoms with van der Waals surface area (Å²) in [6, 6.07) is 14.2. The summed E-state index contributed by atoms with van der Waals surface area (Å²) in [4.78, 5) is 29.7. The molecular weight excluding hydrogens is 378 g/mol. The number of piperidine rings is 1. The Morgan fingerprint density at radius 2 is 1.87 bits per heavy atom. The number of fused-ring (bicyclic) bond motifs is 1. The van der Waals surface area contributed by atoms with Gasteiger partial charge in [0.1, 0.15) is 0 Å². The monoisotopic (exact) mass is 409 g/mol. The molecular formula is C24H31N3O3. The highest BCUT2D eigenvalue weighted by Crippen LogP contribution is 2.23. The van der Waals surface area contributed by atoms with E-state index in [1.807, 2.05) is 17.0 Å². The van der Waals surface area contributed by atoms with E-state index >= 15 is 0 Å². The predicted octanol–water partition coefficient (Wildman–Crippen LogP) is 2.42. The summed E-state index contributed by atoms with van der Waals surface area (Å²) < 4.78 is 5.25. The minimum Gasteiger partial charge on any atom is -0.384 e. The molecule has 2 fully saturated rings. The first-order valence-corrected chi connectivity index (χ1v) is 10.9. The smallest absolute Gasteiger partial charge is 0.237 e. The van der Waals surface area contributed by atoms with Gasteiger partial charge in [0, 0.05) is 46.4 Å². The van der Waals surface area contributed by atoms with E-state index in [1.54, 1.807) is 7.11 Å². The summed E-state index contributed by atoms with van der Waals surface area (Å²) in [5.74, 6) is 0.569. The summed E-state index contributed by atoms with van der Waals surface area (Å²) in [6.07, 6.45) is 2.18. The zero-order chi connectivity index (χ0) is 20.9. The van der Waals surface area contributed by atoms with Crippen LogP contribution in [0.5, 0.6) is 0 Å². The van der Waals surface area contributed by atoms with Gasteiger partial charge >= 0.3 is 0 Å². The van der Waals surface area contributed by atoms with Gasteiger partial charge in [-0.05, 0) is 35.1 Å². The van der Waals surface area contributed by atoms with Crippen LogP contribution in [0.25, 0.3) is 10.8 Å². The van der Waals surface area contributed by atoms with Crippen LogP contribution in [0.3, 0.4) is 0 Å². The van der Waals surface area contributed by atoms with Crippen molar-refractivity contribution in [1.82, 2.24) is 15.1 Å². The SMILES string of the molecule is COCC1CCN(C(=O)CC2C(=O)NCCN2Cc2cccc3ccccc23)CC1. The first-order valence-electron chi connectivity index (χ1n) is 10.9. The van der Waals surface area contributed by atoms with E-state index in [2.05, 4.69) is 40.5 Å².